The van der Waals surface area contributed by atoms with Crippen LogP contribution in [0.25, 0.3) is 0 Å². The molecule has 0 heterocycles. The smallest absolute Gasteiger partial charge is 0.311 e. The highest BCUT2D eigenvalue weighted by atomic mass is 16.5. The maximum Gasteiger partial charge on any atom is 0.311 e. The van der Waals surface area contributed by atoms with Gasteiger partial charge in [0.2, 0.25) is 0 Å². The fraction of sp³-hybridized carbons (Fsp3) is 0.767. The van der Waals surface area contributed by atoms with E-state index in [1.165, 1.54) is 0 Å². The van der Waals surface area contributed by atoms with Crippen LogP contribution < -0.4 is 0 Å². The molecule has 1 atom stereocenters. The monoisotopic (exact) mass is 490 g/mol. The zero-order valence-electron chi connectivity index (χ0n) is 23.7. The Morgan fingerprint density at radius 1 is 0.829 bits per heavy atom. The molecule has 1 unspecified atom stereocenters. The number of rotatable bonds is 14. The molecule has 0 radical (unpaired) electrons. The molecule has 1 N–H and O–H groups in total. The number of carbonyl (C=O) groups excluding carboxylic acids is 3. The number of allylic oxidation sites excluding steroid dienone is 3. The molecule has 1 rings (SSSR count). The van der Waals surface area contributed by atoms with Crippen molar-refractivity contribution in [1.29, 1.82) is 0 Å². The van der Waals surface area contributed by atoms with Gasteiger partial charge in [-0.05, 0) is 55.8 Å². The second-order valence-corrected chi connectivity index (χ2v) is 11.8. The summed E-state index contributed by atoms with van der Waals surface area (Å²) in [4.78, 5) is 40.5. The van der Waals surface area contributed by atoms with E-state index in [9.17, 15) is 19.5 Å². The van der Waals surface area contributed by atoms with Crippen LogP contribution in [0, 0.1) is 35.5 Å². The summed E-state index contributed by atoms with van der Waals surface area (Å²) >= 11 is 0. The predicted molar refractivity (Wildman–Crippen MR) is 142 cm³/mol. The number of ketones is 2. The summed E-state index contributed by atoms with van der Waals surface area (Å²) in [6.07, 6.45) is 5.36. The van der Waals surface area contributed by atoms with Crippen molar-refractivity contribution >= 4 is 17.5 Å². The van der Waals surface area contributed by atoms with Gasteiger partial charge >= 0.3 is 5.97 Å². The number of Topliss-reactive ketones (excluding diaryl/α,β-unsaturated/α-hetero) is 2. The molecular weight excluding hydrogens is 440 g/mol. The van der Waals surface area contributed by atoms with E-state index >= 15 is 0 Å². The Morgan fingerprint density at radius 2 is 1.34 bits per heavy atom. The lowest BCUT2D eigenvalue weighted by atomic mass is 9.70. The molecule has 0 aliphatic heterocycles. The molecule has 0 aromatic carbocycles. The third kappa shape index (κ3) is 9.24. The summed E-state index contributed by atoms with van der Waals surface area (Å²) in [6.45, 7) is 18.2. The standard InChI is InChI=1S/C30H50O5/c1-10-11-24(31)35-30-23(17-14-20(6)7)28(33)25(29(34)26(30)27(32)21(8)9)22(15-12-18(2)3)16-13-19(4)5/h18-22,25,32H,10-17H2,1-9H3. The first-order valence-corrected chi connectivity index (χ1v) is 13.8. The van der Waals surface area contributed by atoms with Crippen LogP contribution in [-0.2, 0) is 19.1 Å². The van der Waals surface area contributed by atoms with Crippen LogP contribution in [0.5, 0.6) is 0 Å². The molecular formula is C30H50O5. The molecule has 0 fully saturated rings. The summed E-state index contributed by atoms with van der Waals surface area (Å²) < 4.78 is 5.71. The van der Waals surface area contributed by atoms with Crippen LogP contribution in [-0.4, -0.2) is 22.6 Å². The van der Waals surface area contributed by atoms with Crippen molar-refractivity contribution < 1.29 is 24.2 Å². The van der Waals surface area contributed by atoms with Crippen LogP contribution in [0.3, 0.4) is 0 Å². The van der Waals surface area contributed by atoms with Gasteiger partial charge < -0.3 is 9.84 Å². The lowest BCUT2D eigenvalue weighted by Gasteiger charge is -2.33. The Bertz CT molecular complexity index is 786. The van der Waals surface area contributed by atoms with Gasteiger partial charge in [-0.3, -0.25) is 14.4 Å². The zero-order chi connectivity index (χ0) is 26.9. The van der Waals surface area contributed by atoms with Gasteiger partial charge in [-0.2, -0.15) is 0 Å². The molecule has 0 amide bonds. The molecule has 0 bridgehead atoms. The number of carbonyl (C=O) groups is 3. The maximum absolute atomic E-state index is 14.0. The lowest BCUT2D eigenvalue weighted by Crippen LogP contribution is -2.40. The van der Waals surface area contributed by atoms with Gasteiger partial charge in [0.05, 0.1) is 11.5 Å². The second kappa shape index (κ2) is 14.6. The average molecular weight is 491 g/mol. The molecule has 0 saturated heterocycles. The van der Waals surface area contributed by atoms with Gasteiger partial charge in [0, 0.05) is 17.9 Å². The van der Waals surface area contributed by atoms with Gasteiger partial charge in [0.1, 0.15) is 5.76 Å². The molecule has 35 heavy (non-hydrogen) atoms. The fourth-order valence-electron chi connectivity index (χ4n) is 4.52. The molecule has 0 aromatic rings. The van der Waals surface area contributed by atoms with E-state index in [1.54, 1.807) is 13.8 Å². The van der Waals surface area contributed by atoms with Gasteiger partial charge in [0.15, 0.2) is 17.3 Å². The van der Waals surface area contributed by atoms with Gasteiger partial charge in [0.25, 0.3) is 0 Å². The van der Waals surface area contributed by atoms with Crippen molar-refractivity contribution in [2.24, 2.45) is 35.5 Å². The van der Waals surface area contributed by atoms with Crippen molar-refractivity contribution in [3.63, 3.8) is 0 Å². The predicted octanol–water partition coefficient (Wildman–Crippen LogP) is 7.74. The largest absolute Gasteiger partial charge is 0.511 e. The third-order valence-corrected chi connectivity index (χ3v) is 6.76. The van der Waals surface area contributed by atoms with Crippen LogP contribution in [0.15, 0.2) is 22.7 Å². The van der Waals surface area contributed by atoms with E-state index in [0.29, 0.717) is 36.2 Å². The van der Waals surface area contributed by atoms with Crippen LogP contribution >= 0.6 is 0 Å². The van der Waals surface area contributed by atoms with Crippen LogP contribution in [0.4, 0.5) is 0 Å². The Kier molecular flexibility index (Phi) is 13.0. The number of hydrogen-bond donors (Lipinski definition) is 1. The second-order valence-electron chi connectivity index (χ2n) is 11.8. The molecule has 5 nitrogen and oxygen atoms in total. The average Bonchev–Trinajstić information content (AvgIpc) is 2.74. The Labute approximate surface area is 213 Å². The quantitative estimate of drug-likeness (QED) is 0.116. The van der Waals surface area contributed by atoms with E-state index in [1.807, 2.05) is 6.92 Å². The van der Waals surface area contributed by atoms with E-state index in [4.69, 9.17) is 4.74 Å². The molecule has 1 aliphatic rings. The highest BCUT2D eigenvalue weighted by Crippen LogP contribution is 2.41. The number of hydrogen-bond acceptors (Lipinski definition) is 5. The first kappa shape index (κ1) is 31.1. The first-order chi connectivity index (χ1) is 16.3. The highest BCUT2D eigenvalue weighted by molar-refractivity contribution is 6.22. The van der Waals surface area contributed by atoms with E-state index in [0.717, 1.165) is 32.1 Å². The maximum atomic E-state index is 14.0. The molecule has 1 aliphatic carbocycles. The summed E-state index contributed by atoms with van der Waals surface area (Å²) in [5.41, 5.74) is 0.445. The van der Waals surface area contributed by atoms with E-state index < -0.39 is 11.9 Å². The molecule has 5 heteroatoms. The Balaban J connectivity index is 3.73. The summed E-state index contributed by atoms with van der Waals surface area (Å²) in [6, 6.07) is 0. The fourth-order valence-corrected chi connectivity index (χ4v) is 4.52. The minimum atomic E-state index is -0.834. The normalized spacial score (nSPS) is 18.6. The lowest BCUT2D eigenvalue weighted by molar-refractivity contribution is -0.140. The Hall–Kier alpha value is -1.91. The van der Waals surface area contributed by atoms with E-state index in [2.05, 4.69) is 41.5 Å². The highest BCUT2D eigenvalue weighted by Gasteiger charge is 2.46. The Morgan fingerprint density at radius 3 is 1.77 bits per heavy atom. The zero-order valence-corrected chi connectivity index (χ0v) is 23.7. The van der Waals surface area contributed by atoms with Crippen molar-refractivity contribution in [2.45, 2.75) is 114 Å². The minimum absolute atomic E-state index is 0.00743. The van der Waals surface area contributed by atoms with Crippen molar-refractivity contribution in [1.82, 2.24) is 0 Å². The molecule has 200 valence electrons. The van der Waals surface area contributed by atoms with Crippen LogP contribution in [0.1, 0.15) is 114 Å². The molecule has 0 aromatic heterocycles. The first-order valence-electron chi connectivity index (χ1n) is 13.8. The van der Waals surface area contributed by atoms with E-state index in [-0.39, 0.29) is 46.9 Å². The molecule has 0 saturated carbocycles. The van der Waals surface area contributed by atoms with Crippen molar-refractivity contribution in [3.05, 3.63) is 22.7 Å². The third-order valence-electron chi connectivity index (χ3n) is 6.76. The van der Waals surface area contributed by atoms with Gasteiger partial charge in [-0.15, -0.1) is 0 Å². The van der Waals surface area contributed by atoms with Crippen molar-refractivity contribution in [3.8, 4) is 0 Å². The van der Waals surface area contributed by atoms with Gasteiger partial charge in [-0.1, -0.05) is 75.2 Å². The SMILES string of the molecule is CCCC(=O)OC1=C(CCC(C)C)C(=O)C(C(CCC(C)C)CCC(C)C)C(=O)C1=C(O)C(C)C. The minimum Gasteiger partial charge on any atom is -0.511 e. The summed E-state index contributed by atoms with van der Waals surface area (Å²) in [5.74, 6) is -1.17. The number of esters is 1. The van der Waals surface area contributed by atoms with Crippen molar-refractivity contribution in [2.75, 3.05) is 0 Å². The van der Waals surface area contributed by atoms with Crippen LogP contribution in [0.2, 0.25) is 0 Å². The van der Waals surface area contributed by atoms with Gasteiger partial charge in [-0.25, -0.2) is 0 Å². The molecule has 0 spiro atoms. The topological polar surface area (TPSA) is 80.7 Å². The summed E-state index contributed by atoms with van der Waals surface area (Å²) in [7, 11) is 0. The number of ether oxygens (including phenoxy) is 1. The summed E-state index contributed by atoms with van der Waals surface area (Å²) in [5, 5.41) is 11.1. The number of aliphatic hydroxyl groups excluding tert-OH is 1. The number of aliphatic hydroxyl groups is 1.